The molecule has 0 unspecified atom stereocenters. The van der Waals surface area contributed by atoms with Gasteiger partial charge in [0.2, 0.25) is 0 Å². The van der Waals surface area contributed by atoms with Crippen molar-refractivity contribution in [3.8, 4) is 0 Å². The van der Waals surface area contributed by atoms with E-state index in [1.807, 2.05) is 0 Å². The molecule has 2 saturated carbocycles. The molecule has 0 aromatic carbocycles. The summed E-state index contributed by atoms with van der Waals surface area (Å²) in [5, 5.41) is 0. The number of ether oxygens (including phenoxy) is 1. The first-order valence-electron chi connectivity index (χ1n) is 7.69. The fraction of sp³-hybridized carbons (Fsp3) is 1.00. The highest BCUT2D eigenvalue weighted by Crippen LogP contribution is 2.32. The molecule has 100 valence electrons. The molecule has 0 saturated heterocycles. The first kappa shape index (κ1) is 13.4. The van der Waals surface area contributed by atoms with Crippen LogP contribution in [0.4, 0.5) is 0 Å². The highest BCUT2D eigenvalue weighted by molar-refractivity contribution is 4.84. The second-order valence-corrected chi connectivity index (χ2v) is 6.09. The lowest BCUT2D eigenvalue weighted by Gasteiger charge is -2.32. The van der Waals surface area contributed by atoms with E-state index in [2.05, 4.69) is 0 Å². The van der Waals surface area contributed by atoms with Crippen molar-refractivity contribution in [1.82, 2.24) is 0 Å². The minimum atomic E-state index is 0.0368. The van der Waals surface area contributed by atoms with Crippen molar-refractivity contribution in [2.75, 3.05) is 13.2 Å². The van der Waals surface area contributed by atoms with Crippen molar-refractivity contribution < 1.29 is 4.74 Å². The van der Waals surface area contributed by atoms with Crippen LogP contribution < -0.4 is 5.73 Å². The molecule has 2 heteroatoms. The van der Waals surface area contributed by atoms with E-state index in [-0.39, 0.29) is 5.60 Å². The van der Waals surface area contributed by atoms with E-state index in [1.54, 1.807) is 0 Å². The summed E-state index contributed by atoms with van der Waals surface area (Å²) in [6.45, 7) is 1.67. The van der Waals surface area contributed by atoms with Gasteiger partial charge in [-0.3, -0.25) is 0 Å². The number of rotatable bonds is 5. The molecule has 17 heavy (non-hydrogen) atoms. The van der Waals surface area contributed by atoms with Crippen molar-refractivity contribution in [2.45, 2.75) is 76.2 Å². The van der Waals surface area contributed by atoms with Gasteiger partial charge < -0.3 is 10.5 Å². The van der Waals surface area contributed by atoms with E-state index in [1.165, 1.54) is 70.6 Å². The van der Waals surface area contributed by atoms with Crippen LogP contribution in [0.3, 0.4) is 0 Å². The van der Waals surface area contributed by atoms with Crippen LogP contribution in [-0.4, -0.2) is 18.8 Å². The Morgan fingerprint density at radius 1 is 0.941 bits per heavy atom. The lowest BCUT2D eigenvalue weighted by atomic mass is 9.94. The molecule has 0 amide bonds. The van der Waals surface area contributed by atoms with Gasteiger partial charge in [0.05, 0.1) is 5.60 Å². The van der Waals surface area contributed by atoms with E-state index in [0.29, 0.717) is 0 Å². The van der Waals surface area contributed by atoms with Crippen molar-refractivity contribution in [2.24, 2.45) is 11.7 Å². The molecule has 2 nitrogen and oxygen atoms in total. The van der Waals surface area contributed by atoms with Gasteiger partial charge in [-0.05, 0) is 25.2 Å². The topological polar surface area (TPSA) is 35.2 Å². The van der Waals surface area contributed by atoms with Crippen LogP contribution in [-0.2, 0) is 4.74 Å². The minimum Gasteiger partial charge on any atom is -0.374 e. The molecule has 2 N–H and O–H groups in total. The maximum atomic E-state index is 6.24. The zero-order valence-electron chi connectivity index (χ0n) is 11.3. The monoisotopic (exact) mass is 239 g/mol. The summed E-state index contributed by atoms with van der Waals surface area (Å²) in [6, 6.07) is 0. The highest BCUT2D eigenvalue weighted by Gasteiger charge is 2.30. The largest absolute Gasteiger partial charge is 0.374 e. The Bertz CT molecular complexity index is 203. The van der Waals surface area contributed by atoms with E-state index < -0.39 is 0 Å². The summed E-state index contributed by atoms with van der Waals surface area (Å²) in [5.74, 6) is 0.940. The predicted octanol–water partition coefficient (Wildman–Crippen LogP) is 3.64. The van der Waals surface area contributed by atoms with Gasteiger partial charge >= 0.3 is 0 Å². The smallest absolute Gasteiger partial charge is 0.0804 e. The molecule has 0 aromatic rings. The standard InChI is InChI=1S/C15H29NO/c16-13-15(10-5-1-2-6-11-15)17-12-9-14-7-3-4-8-14/h14H,1-13,16H2. The van der Waals surface area contributed by atoms with Crippen LogP contribution in [0.2, 0.25) is 0 Å². The zero-order chi connectivity index (χ0) is 12.0. The molecule has 2 rings (SSSR count). The second kappa shape index (κ2) is 6.75. The Morgan fingerprint density at radius 2 is 1.59 bits per heavy atom. The van der Waals surface area contributed by atoms with E-state index in [0.717, 1.165) is 19.1 Å². The van der Waals surface area contributed by atoms with Gasteiger partial charge in [0.25, 0.3) is 0 Å². The van der Waals surface area contributed by atoms with Crippen molar-refractivity contribution in [3.63, 3.8) is 0 Å². The summed E-state index contributed by atoms with van der Waals surface area (Å²) in [6.07, 6.45) is 14.7. The van der Waals surface area contributed by atoms with Crippen LogP contribution in [0.15, 0.2) is 0 Å². The predicted molar refractivity (Wildman–Crippen MR) is 72.0 cm³/mol. The van der Waals surface area contributed by atoms with Gasteiger partial charge in [0, 0.05) is 13.2 Å². The van der Waals surface area contributed by atoms with E-state index >= 15 is 0 Å². The van der Waals surface area contributed by atoms with E-state index in [9.17, 15) is 0 Å². The average Bonchev–Trinajstić information content (AvgIpc) is 2.75. The molecule has 0 bridgehead atoms. The molecule has 0 aliphatic heterocycles. The average molecular weight is 239 g/mol. The summed E-state index contributed by atoms with van der Waals surface area (Å²) >= 11 is 0. The minimum absolute atomic E-state index is 0.0368. The van der Waals surface area contributed by atoms with Gasteiger partial charge in [0.1, 0.15) is 0 Å². The summed E-state index contributed by atoms with van der Waals surface area (Å²) in [7, 11) is 0. The van der Waals surface area contributed by atoms with Gasteiger partial charge in [-0.25, -0.2) is 0 Å². The van der Waals surface area contributed by atoms with Crippen molar-refractivity contribution >= 4 is 0 Å². The normalized spacial score (nSPS) is 25.9. The van der Waals surface area contributed by atoms with Gasteiger partial charge in [-0.2, -0.15) is 0 Å². The molecule has 0 aromatic heterocycles. The third-order valence-electron chi connectivity index (χ3n) is 4.80. The Hall–Kier alpha value is -0.0800. The van der Waals surface area contributed by atoms with Crippen LogP contribution in [0, 0.1) is 5.92 Å². The molecular weight excluding hydrogens is 210 g/mol. The van der Waals surface area contributed by atoms with Crippen molar-refractivity contribution in [3.05, 3.63) is 0 Å². The Kier molecular flexibility index (Phi) is 5.30. The Balaban J connectivity index is 1.73. The second-order valence-electron chi connectivity index (χ2n) is 6.09. The third kappa shape index (κ3) is 3.96. The maximum Gasteiger partial charge on any atom is 0.0804 e. The lowest BCUT2D eigenvalue weighted by Crippen LogP contribution is -2.40. The molecule has 0 heterocycles. The zero-order valence-corrected chi connectivity index (χ0v) is 11.3. The number of nitrogens with two attached hydrogens (primary N) is 1. The molecule has 0 spiro atoms. The molecule has 2 aliphatic carbocycles. The van der Waals surface area contributed by atoms with Crippen LogP contribution in [0.25, 0.3) is 0 Å². The summed E-state index contributed by atoms with van der Waals surface area (Å²) in [5.41, 5.74) is 6.01. The first-order valence-corrected chi connectivity index (χ1v) is 7.69. The number of hydrogen-bond acceptors (Lipinski definition) is 2. The van der Waals surface area contributed by atoms with Gasteiger partial charge in [0.15, 0.2) is 0 Å². The molecule has 2 fully saturated rings. The molecule has 2 aliphatic rings. The molecule has 0 radical (unpaired) electrons. The summed E-state index contributed by atoms with van der Waals surface area (Å²) < 4.78 is 6.24. The fourth-order valence-corrected chi connectivity index (χ4v) is 3.52. The van der Waals surface area contributed by atoms with Crippen LogP contribution in [0.5, 0.6) is 0 Å². The Labute approximate surface area is 106 Å². The highest BCUT2D eigenvalue weighted by atomic mass is 16.5. The molecular formula is C15H29NO. The van der Waals surface area contributed by atoms with Gasteiger partial charge in [-0.1, -0.05) is 51.4 Å². The van der Waals surface area contributed by atoms with E-state index in [4.69, 9.17) is 10.5 Å². The van der Waals surface area contributed by atoms with Gasteiger partial charge in [-0.15, -0.1) is 0 Å². The first-order chi connectivity index (χ1) is 8.35. The van der Waals surface area contributed by atoms with Crippen molar-refractivity contribution in [1.29, 1.82) is 0 Å². The van der Waals surface area contributed by atoms with Crippen LogP contribution in [0.1, 0.15) is 70.6 Å². The molecule has 0 atom stereocenters. The summed E-state index contributed by atoms with van der Waals surface area (Å²) in [4.78, 5) is 0. The lowest BCUT2D eigenvalue weighted by molar-refractivity contribution is -0.0538. The number of hydrogen-bond donors (Lipinski definition) is 1. The Morgan fingerprint density at radius 3 is 2.18 bits per heavy atom. The fourth-order valence-electron chi connectivity index (χ4n) is 3.52. The SMILES string of the molecule is NCC1(OCCC2CCCC2)CCCCCC1. The third-order valence-corrected chi connectivity index (χ3v) is 4.80. The van der Waals surface area contributed by atoms with Crippen LogP contribution >= 0.6 is 0 Å². The quantitative estimate of drug-likeness (QED) is 0.743. The maximum absolute atomic E-state index is 6.24.